The molecule has 0 bridgehead atoms. The van der Waals surface area contributed by atoms with Crippen molar-refractivity contribution in [1.29, 1.82) is 0 Å². The molecule has 1 atom stereocenters. The Morgan fingerprint density at radius 2 is 2.15 bits per heavy atom. The molecule has 0 spiro atoms. The number of likely N-dealkylation sites (N-methyl/N-ethyl adjacent to an activating group) is 1. The van der Waals surface area contributed by atoms with Crippen LogP contribution in [-0.2, 0) is 14.3 Å². The summed E-state index contributed by atoms with van der Waals surface area (Å²) in [6.45, 7) is 1.67. The molecule has 1 aliphatic rings. The quantitative estimate of drug-likeness (QED) is 0.633. The third-order valence-electron chi connectivity index (χ3n) is 3.19. The minimum absolute atomic E-state index is 0.106. The van der Waals surface area contributed by atoms with Gasteiger partial charge in [-0.2, -0.15) is 0 Å². The summed E-state index contributed by atoms with van der Waals surface area (Å²) in [5.74, 6) is -0.535. The van der Waals surface area contributed by atoms with Crippen LogP contribution in [0.5, 0.6) is 0 Å². The fourth-order valence-electron chi connectivity index (χ4n) is 2.01. The number of likely N-dealkylation sites (tertiary alicyclic amines) is 1. The third-order valence-corrected chi connectivity index (χ3v) is 3.19. The highest BCUT2D eigenvalue weighted by Gasteiger charge is 2.36. The minimum Gasteiger partial charge on any atom is -0.465 e. The molecule has 7 heteroatoms. The lowest BCUT2D eigenvalue weighted by atomic mass is 10.2. The van der Waals surface area contributed by atoms with Crippen LogP contribution in [0.25, 0.3) is 0 Å². The van der Waals surface area contributed by atoms with Crippen LogP contribution in [0.2, 0.25) is 0 Å². The Morgan fingerprint density at radius 3 is 2.65 bits per heavy atom. The van der Waals surface area contributed by atoms with Gasteiger partial charge >= 0.3 is 5.97 Å². The van der Waals surface area contributed by atoms with Crippen molar-refractivity contribution in [2.45, 2.75) is 19.4 Å². The molecule has 2 rings (SSSR count). The van der Waals surface area contributed by atoms with Crippen molar-refractivity contribution in [3.63, 3.8) is 0 Å². The molecule has 2 amide bonds. The molecule has 1 aliphatic heterocycles. The van der Waals surface area contributed by atoms with Gasteiger partial charge in [0.05, 0.1) is 24.8 Å². The molecule has 0 aromatic carbocycles. The van der Waals surface area contributed by atoms with Gasteiger partial charge in [0.25, 0.3) is 5.91 Å². The Labute approximate surface area is 115 Å². The highest BCUT2D eigenvalue weighted by Crippen LogP contribution is 2.17. The molecule has 0 aliphatic carbocycles. The van der Waals surface area contributed by atoms with Gasteiger partial charge in [-0.05, 0) is 19.1 Å². The fraction of sp³-hybridized carbons (Fsp3) is 0.385. The molecule has 0 saturated carbocycles. The Kier molecular flexibility index (Phi) is 3.69. The Morgan fingerprint density at radius 1 is 1.45 bits per heavy atom. The van der Waals surface area contributed by atoms with Gasteiger partial charge in [-0.3, -0.25) is 14.5 Å². The second-order valence-corrected chi connectivity index (χ2v) is 4.51. The van der Waals surface area contributed by atoms with Crippen molar-refractivity contribution < 1.29 is 19.1 Å². The van der Waals surface area contributed by atoms with E-state index in [9.17, 15) is 14.4 Å². The van der Waals surface area contributed by atoms with Crippen molar-refractivity contribution in [2.75, 3.05) is 19.5 Å². The maximum absolute atomic E-state index is 11.8. The lowest BCUT2D eigenvalue weighted by Crippen LogP contribution is -2.32. The van der Waals surface area contributed by atoms with Gasteiger partial charge in [-0.25, -0.2) is 9.78 Å². The first-order valence-corrected chi connectivity index (χ1v) is 6.07. The number of esters is 1. The zero-order chi connectivity index (χ0) is 14.9. The summed E-state index contributed by atoms with van der Waals surface area (Å²) >= 11 is 0. The average Bonchev–Trinajstić information content (AvgIpc) is 2.66. The number of nitrogens with zero attached hydrogens (tertiary/aromatic N) is 2. The van der Waals surface area contributed by atoms with Crippen molar-refractivity contribution in [3.05, 3.63) is 23.4 Å². The molecular weight excluding hydrogens is 262 g/mol. The van der Waals surface area contributed by atoms with E-state index in [1.807, 2.05) is 0 Å². The standard InChI is InChI=1S/C13H15N3O4/c1-7-8(13(19)20-3)4-5-10(14-7)15-9-6-11(17)16(2)12(9)18/h4-5,9H,6H2,1-3H3,(H,14,15). The number of nitrogens with one attached hydrogen (secondary N) is 1. The largest absolute Gasteiger partial charge is 0.465 e. The number of aryl methyl sites for hydroxylation is 1. The van der Waals surface area contributed by atoms with Crippen LogP contribution in [0.3, 0.4) is 0 Å². The number of pyridine rings is 1. The van der Waals surface area contributed by atoms with E-state index in [1.54, 1.807) is 19.1 Å². The molecule has 2 heterocycles. The predicted molar refractivity (Wildman–Crippen MR) is 70.1 cm³/mol. The molecular formula is C13H15N3O4. The van der Waals surface area contributed by atoms with Crippen LogP contribution < -0.4 is 5.32 Å². The Hall–Kier alpha value is -2.44. The van der Waals surface area contributed by atoms with E-state index in [1.165, 1.54) is 14.2 Å². The summed E-state index contributed by atoms with van der Waals surface area (Å²) < 4.78 is 4.63. The summed E-state index contributed by atoms with van der Waals surface area (Å²) in [6, 6.07) is 2.54. The van der Waals surface area contributed by atoms with Gasteiger partial charge in [0, 0.05) is 7.05 Å². The number of imide groups is 1. The first-order chi connectivity index (χ1) is 9.43. The highest BCUT2D eigenvalue weighted by atomic mass is 16.5. The summed E-state index contributed by atoms with van der Waals surface area (Å²) in [5, 5.41) is 2.90. The molecule has 1 fully saturated rings. The SMILES string of the molecule is COC(=O)c1ccc(NC2CC(=O)N(C)C2=O)nc1C. The number of carbonyl (C=O) groups is 3. The molecule has 0 radical (unpaired) electrons. The Bertz CT molecular complexity index is 585. The van der Waals surface area contributed by atoms with Gasteiger partial charge in [0.1, 0.15) is 11.9 Å². The van der Waals surface area contributed by atoms with Crippen LogP contribution in [0.1, 0.15) is 22.5 Å². The summed E-state index contributed by atoms with van der Waals surface area (Å²) in [4.78, 5) is 39.9. The van der Waals surface area contributed by atoms with Crippen LogP contribution in [0.4, 0.5) is 5.82 Å². The molecule has 1 saturated heterocycles. The average molecular weight is 277 g/mol. The van der Waals surface area contributed by atoms with E-state index < -0.39 is 12.0 Å². The zero-order valence-electron chi connectivity index (χ0n) is 11.5. The van der Waals surface area contributed by atoms with Gasteiger partial charge in [0.15, 0.2) is 0 Å². The lowest BCUT2D eigenvalue weighted by Gasteiger charge is -2.13. The van der Waals surface area contributed by atoms with E-state index >= 15 is 0 Å². The smallest absolute Gasteiger partial charge is 0.339 e. The third kappa shape index (κ3) is 2.47. The number of anilines is 1. The number of hydrogen-bond donors (Lipinski definition) is 1. The lowest BCUT2D eigenvalue weighted by molar-refractivity contribution is -0.136. The van der Waals surface area contributed by atoms with Crippen LogP contribution >= 0.6 is 0 Å². The molecule has 1 aromatic rings. The highest BCUT2D eigenvalue weighted by molar-refractivity contribution is 6.06. The fourth-order valence-corrected chi connectivity index (χ4v) is 2.01. The number of amides is 2. The van der Waals surface area contributed by atoms with Crippen LogP contribution in [0, 0.1) is 6.92 Å². The molecule has 1 aromatic heterocycles. The van der Waals surface area contributed by atoms with E-state index in [0.717, 1.165) is 4.90 Å². The van der Waals surface area contributed by atoms with Crippen molar-refractivity contribution >= 4 is 23.6 Å². The van der Waals surface area contributed by atoms with E-state index in [0.29, 0.717) is 17.1 Å². The number of aromatic nitrogens is 1. The molecule has 1 unspecified atom stereocenters. The summed E-state index contributed by atoms with van der Waals surface area (Å²) in [5.41, 5.74) is 0.857. The molecule has 20 heavy (non-hydrogen) atoms. The maximum atomic E-state index is 11.8. The summed E-state index contributed by atoms with van der Waals surface area (Å²) in [7, 11) is 2.75. The van der Waals surface area contributed by atoms with Crippen LogP contribution in [-0.4, -0.2) is 47.9 Å². The Balaban J connectivity index is 2.16. The van der Waals surface area contributed by atoms with Crippen molar-refractivity contribution in [2.24, 2.45) is 0 Å². The monoisotopic (exact) mass is 277 g/mol. The number of methoxy groups -OCH3 is 1. The van der Waals surface area contributed by atoms with Crippen LogP contribution in [0.15, 0.2) is 12.1 Å². The van der Waals surface area contributed by atoms with Crippen molar-refractivity contribution in [1.82, 2.24) is 9.88 Å². The minimum atomic E-state index is -0.608. The number of carbonyl (C=O) groups excluding carboxylic acids is 3. The maximum Gasteiger partial charge on any atom is 0.339 e. The first-order valence-electron chi connectivity index (χ1n) is 6.07. The number of ether oxygens (including phenoxy) is 1. The zero-order valence-corrected chi connectivity index (χ0v) is 11.5. The summed E-state index contributed by atoms with van der Waals surface area (Å²) in [6.07, 6.45) is 0.106. The molecule has 7 nitrogen and oxygen atoms in total. The molecule has 106 valence electrons. The van der Waals surface area contributed by atoms with Gasteiger partial charge < -0.3 is 10.1 Å². The number of hydrogen-bond acceptors (Lipinski definition) is 6. The van der Waals surface area contributed by atoms with E-state index in [2.05, 4.69) is 15.0 Å². The van der Waals surface area contributed by atoms with E-state index in [-0.39, 0.29) is 18.2 Å². The first kappa shape index (κ1) is 14.0. The van der Waals surface area contributed by atoms with Gasteiger partial charge in [-0.1, -0.05) is 0 Å². The second kappa shape index (κ2) is 5.28. The second-order valence-electron chi connectivity index (χ2n) is 4.51. The van der Waals surface area contributed by atoms with Gasteiger partial charge in [-0.15, -0.1) is 0 Å². The normalized spacial score (nSPS) is 18.4. The molecule has 1 N–H and O–H groups in total. The topological polar surface area (TPSA) is 88.6 Å². The van der Waals surface area contributed by atoms with Gasteiger partial charge in [0.2, 0.25) is 5.91 Å². The van der Waals surface area contributed by atoms with Crippen molar-refractivity contribution in [3.8, 4) is 0 Å². The number of rotatable bonds is 3. The predicted octanol–water partition coefficient (Wildman–Crippen LogP) is 0.346. The van der Waals surface area contributed by atoms with E-state index in [4.69, 9.17) is 0 Å².